The van der Waals surface area contributed by atoms with E-state index in [-0.39, 0.29) is 23.5 Å². The first-order valence-electron chi connectivity index (χ1n) is 11.5. The van der Waals surface area contributed by atoms with Crippen LogP contribution in [-0.2, 0) is 16.0 Å². The molecule has 186 valence electrons. The van der Waals surface area contributed by atoms with Gasteiger partial charge in [0.2, 0.25) is 5.89 Å². The molecule has 0 N–H and O–H groups in total. The lowest BCUT2D eigenvalue weighted by Crippen LogP contribution is -2.49. The molecule has 12 heteroatoms. The number of nitrogens with zero attached hydrogens (tertiary/aromatic N) is 6. The van der Waals surface area contributed by atoms with Crippen LogP contribution in [0, 0.1) is 0 Å². The monoisotopic (exact) mass is 524 g/mol. The van der Waals surface area contributed by atoms with Gasteiger partial charge in [-0.05, 0) is 24.6 Å². The predicted octanol–water partition coefficient (Wildman–Crippen LogP) is 3.53. The van der Waals surface area contributed by atoms with Gasteiger partial charge in [-0.1, -0.05) is 36.9 Å². The zero-order chi connectivity index (χ0) is 25.1. The lowest BCUT2D eigenvalue weighted by molar-refractivity contribution is -0.137. The summed E-state index contributed by atoms with van der Waals surface area (Å²) < 4.78 is 10.4. The summed E-state index contributed by atoms with van der Waals surface area (Å²) in [5, 5.41) is 9.52. The fraction of sp³-hybridized carbons (Fsp3) is 0.333. The summed E-state index contributed by atoms with van der Waals surface area (Å²) in [6, 6.07) is 11.5. The van der Waals surface area contributed by atoms with E-state index in [1.807, 2.05) is 30.3 Å². The van der Waals surface area contributed by atoms with E-state index < -0.39 is 0 Å². The molecule has 1 aliphatic rings. The predicted molar refractivity (Wildman–Crippen MR) is 137 cm³/mol. The first-order chi connectivity index (χ1) is 17.6. The third-order valence-corrected chi connectivity index (χ3v) is 7.79. The molecule has 0 bridgehead atoms. The maximum absolute atomic E-state index is 13.0. The van der Waals surface area contributed by atoms with Crippen molar-refractivity contribution in [1.82, 2.24) is 25.1 Å². The molecule has 10 nitrogen and oxygen atoms in total. The molecule has 0 saturated carbocycles. The van der Waals surface area contributed by atoms with E-state index >= 15 is 0 Å². The minimum Gasteiger partial charge on any atom is -0.468 e. The van der Waals surface area contributed by atoms with Crippen LogP contribution in [0.15, 0.2) is 46.0 Å². The number of carbonyl (C=O) groups excluding carboxylic acids is 2. The molecule has 0 unspecified atom stereocenters. The number of benzene rings is 1. The SMILES string of the molecule is CCc1cc2c(N3CCN(C(=O)c4nnc(-c5ccccc5)o4)CC3)nc(SCC(=O)OC)nc2s1. The number of aryl methyl sites for hydroxylation is 1. The lowest BCUT2D eigenvalue weighted by Gasteiger charge is -2.35. The summed E-state index contributed by atoms with van der Waals surface area (Å²) in [5.74, 6) is 0.662. The van der Waals surface area contributed by atoms with E-state index in [0.717, 1.165) is 28.0 Å². The molecule has 0 atom stereocenters. The number of aromatic nitrogens is 4. The number of methoxy groups -OCH3 is 1. The van der Waals surface area contributed by atoms with Crippen LogP contribution in [0.2, 0.25) is 0 Å². The second kappa shape index (κ2) is 10.6. The number of thiophene rings is 1. The van der Waals surface area contributed by atoms with Gasteiger partial charge in [0.1, 0.15) is 10.6 Å². The van der Waals surface area contributed by atoms with Gasteiger partial charge < -0.3 is 19.0 Å². The van der Waals surface area contributed by atoms with Gasteiger partial charge in [-0.2, -0.15) is 0 Å². The average molecular weight is 525 g/mol. The molecule has 3 aromatic heterocycles. The standard InChI is InChI=1S/C24H24N6O4S2/c1-3-16-13-17-19(25-24(26-22(17)36-16)35-14-18(31)33-2)29-9-11-30(12-10-29)23(32)21-28-27-20(34-21)15-7-5-4-6-8-15/h4-8,13H,3,9-12,14H2,1-2H3. The highest BCUT2D eigenvalue weighted by Crippen LogP contribution is 2.34. The van der Waals surface area contributed by atoms with E-state index in [4.69, 9.17) is 14.1 Å². The molecule has 1 aliphatic heterocycles. The van der Waals surface area contributed by atoms with Crippen LogP contribution in [0.1, 0.15) is 22.5 Å². The van der Waals surface area contributed by atoms with Crippen LogP contribution >= 0.6 is 23.1 Å². The summed E-state index contributed by atoms with van der Waals surface area (Å²) >= 11 is 2.89. The van der Waals surface area contributed by atoms with Crippen LogP contribution in [0.4, 0.5) is 5.82 Å². The smallest absolute Gasteiger partial charge is 0.316 e. The normalized spacial score (nSPS) is 13.8. The van der Waals surface area contributed by atoms with Crippen molar-refractivity contribution in [3.8, 4) is 11.5 Å². The Morgan fingerprint density at radius 2 is 1.89 bits per heavy atom. The zero-order valence-electron chi connectivity index (χ0n) is 19.8. The molecule has 36 heavy (non-hydrogen) atoms. The molecule has 0 aliphatic carbocycles. The van der Waals surface area contributed by atoms with Crippen molar-refractivity contribution in [2.24, 2.45) is 0 Å². The third kappa shape index (κ3) is 5.05. The number of ether oxygens (including phenoxy) is 1. The van der Waals surface area contributed by atoms with Crippen molar-refractivity contribution >= 4 is 51.0 Å². The van der Waals surface area contributed by atoms with Gasteiger partial charge in [0.25, 0.3) is 0 Å². The average Bonchev–Trinajstić information content (AvgIpc) is 3.59. The minimum absolute atomic E-state index is 0.0151. The van der Waals surface area contributed by atoms with Crippen molar-refractivity contribution < 1.29 is 18.7 Å². The highest BCUT2D eigenvalue weighted by molar-refractivity contribution is 7.99. The first-order valence-corrected chi connectivity index (χ1v) is 13.3. The number of esters is 1. The van der Waals surface area contributed by atoms with Crippen molar-refractivity contribution in [3.05, 3.63) is 47.2 Å². The third-order valence-electron chi connectivity index (χ3n) is 5.79. The molecule has 4 heterocycles. The van der Waals surface area contributed by atoms with Crippen LogP contribution in [0.5, 0.6) is 0 Å². The second-order valence-electron chi connectivity index (χ2n) is 8.04. The van der Waals surface area contributed by atoms with Gasteiger partial charge in [0.15, 0.2) is 5.16 Å². The van der Waals surface area contributed by atoms with E-state index in [1.165, 1.54) is 23.7 Å². The Morgan fingerprint density at radius 3 is 2.61 bits per heavy atom. The molecule has 1 aromatic carbocycles. The number of thioether (sulfide) groups is 1. The quantitative estimate of drug-likeness (QED) is 0.202. The molecule has 4 aromatic rings. The van der Waals surface area contributed by atoms with Crippen LogP contribution < -0.4 is 4.90 Å². The number of amides is 1. The van der Waals surface area contributed by atoms with Crippen molar-refractivity contribution in [1.29, 1.82) is 0 Å². The minimum atomic E-state index is -0.325. The van der Waals surface area contributed by atoms with E-state index in [2.05, 4.69) is 33.1 Å². The molecule has 0 radical (unpaired) electrons. The Morgan fingerprint density at radius 1 is 1.11 bits per heavy atom. The summed E-state index contributed by atoms with van der Waals surface area (Å²) in [5.41, 5.74) is 0.768. The Labute approximate surface area is 215 Å². The molecule has 1 saturated heterocycles. The van der Waals surface area contributed by atoms with Gasteiger partial charge >= 0.3 is 17.8 Å². The highest BCUT2D eigenvalue weighted by Gasteiger charge is 2.28. The number of fused-ring (bicyclic) bond motifs is 1. The molecule has 1 fully saturated rings. The van der Waals surface area contributed by atoms with Crippen LogP contribution in [0.25, 0.3) is 21.7 Å². The topological polar surface area (TPSA) is 115 Å². The largest absolute Gasteiger partial charge is 0.468 e. The number of rotatable bonds is 7. The Kier molecular flexibility index (Phi) is 7.14. The van der Waals surface area contributed by atoms with E-state index in [1.54, 1.807) is 16.2 Å². The Bertz CT molecular complexity index is 1380. The Balaban J connectivity index is 1.31. The number of piperazine rings is 1. The Hall–Kier alpha value is -3.51. The van der Waals surface area contributed by atoms with Gasteiger partial charge in [-0.3, -0.25) is 9.59 Å². The van der Waals surface area contributed by atoms with E-state index in [0.29, 0.717) is 37.2 Å². The van der Waals surface area contributed by atoms with Gasteiger partial charge in [-0.25, -0.2) is 9.97 Å². The molecular formula is C24H24N6O4S2. The fourth-order valence-corrected chi connectivity index (χ4v) is 5.55. The highest BCUT2D eigenvalue weighted by atomic mass is 32.2. The maximum Gasteiger partial charge on any atom is 0.316 e. The molecular weight excluding hydrogens is 500 g/mol. The second-order valence-corrected chi connectivity index (χ2v) is 10.1. The summed E-state index contributed by atoms with van der Waals surface area (Å²) in [6.07, 6.45) is 0.905. The number of anilines is 1. The first kappa shape index (κ1) is 24.2. The fourth-order valence-electron chi connectivity index (χ4n) is 3.86. The number of hydrogen-bond donors (Lipinski definition) is 0. The number of carbonyl (C=O) groups is 2. The molecule has 5 rings (SSSR count). The number of hydrogen-bond acceptors (Lipinski definition) is 11. The summed E-state index contributed by atoms with van der Waals surface area (Å²) in [4.78, 5) is 40.1. The van der Waals surface area contributed by atoms with Crippen LogP contribution in [-0.4, -0.2) is 76.0 Å². The van der Waals surface area contributed by atoms with E-state index in [9.17, 15) is 9.59 Å². The summed E-state index contributed by atoms with van der Waals surface area (Å²) in [7, 11) is 1.36. The molecule has 0 spiro atoms. The van der Waals surface area contributed by atoms with Gasteiger partial charge in [0.05, 0.1) is 18.2 Å². The zero-order valence-corrected chi connectivity index (χ0v) is 21.5. The molecule has 1 amide bonds. The van der Waals surface area contributed by atoms with Crippen molar-refractivity contribution in [2.45, 2.75) is 18.5 Å². The van der Waals surface area contributed by atoms with Crippen LogP contribution in [0.3, 0.4) is 0 Å². The lowest BCUT2D eigenvalue weighted by atomic mass is 10.2. The van der Waals surface area contributed by atoms with Gasteiger partial charge in [0, 0.05) is 36.6 Å². The van der Waals surface area contributed by atoms with Crippen molar-refractivity contribution in [3.63, 3.8) is 0 Å². The van der Waals surface area contributed by atoms with Crippen molar-refractivity contribution in [2.75, 3.05) is 43.9 Å². The summed E-state index contributed by atoms with van der Waals surface area (Å²) in [6.45, 7) is 4.27. The maximum atomic E-state index is 13.0. The van der Waals surface area contributed by atoms with Gasteiger partial charge in [-0.15, -0.1) is 21.5 Å².